The van der Waals surface area contributed by atoms with Crippen LogP contribution in [0.2, 0.25) is 0 Å². The summed E-state index contributed by atoms with van der Waals surface area (Å²) in [5, 5.41) is 5.32. The Bertz CT molecular complexity index is 775. The number of alkyl halides is 1. The predicted molar refractivity (Wildman–Crippen MR) is 85.9 cm³/mol. The molecule has 1 aromatic heterocycles. The number of halogens is 1. The van der Waals surface area contributed by atoms with E-state index < -0.39 is 11.6 Å². The molecule has 128 valence electrons. The van der Waals surface area contributed by atoms with Crippen molar-refractivity contribution in [2.75, 3.05) is 20.2 Å². The van der Waals surface area contributed by atoms with Crippen LogP contribution >= 0.6 is 0 Å². The summed E-state index contributed by atoms with van der Waals surface area (Å²) in [7, 11) is 1.15. The quantitative estimate of drug-likeness (QED) is 0.800. The van der Waals surface area contributed by atoms with Crippen LogP contribution in [0.25, 0.3) is 10.9 Å². The lowest BCUT2D eigenvalue weighted by molar-refractivity contribution is -0.154. The lowest BCUT2D eigenvalue weighted by Gasteiger charge is -2.22. The summed E-state index contributed by atoms with van der Waals surface area (Å²) in [6.45, 7) is 2.16. The number of aromatic nitrogens is 2. The smallest absolute Gasteiger partial charge is 0.345 e. The van der Waals surface area contributed by atoms with E-state index in [1.54, 1.807) is 17.8 Å². The van der Waals surface area contributed by atoms with Gasteiger partial charge < -0.3 is 9.64 Å². The number of hydrogen-bond donors (Lipinski definition) is 0. The number of amides is 1. The molecule has 1 fully saturated rings. The highest BCUT2D eigenvalue weighted by atomic mass is 19.1. The molecule has 0 aliphatic carbocycles. The van der Waals surface area contributed by atoms with Crippen molar-refractivity contribution in [3.8, 4) is 0 Å². The Kier molecular flexibility index (Phi) is 4.26. The van der Waals surface area contributed by atoms with Gasteiger partial charge in [0.2, 0.25) is 11.6 Å². The third kappa shape index (κ3) is 2.86. The highest BCUT2D eigenvalue weighted by Gasteiger charge is 2.48. The molecule has 7 heteroatoms. The molecule has 1 aromatic carbocycles. The van der Waals surface area contributed by atoms with Crippen LogP contribution < -0.4 is 0 Å². The minimum Gasteiger partial charge on any atom is -0.467 e. The summed E-state index contributed by atoms with van der Waals surface area (Å²) in [4.78, 5) is 25.5. The molecule has 1 saturated heterocycles. The SMILES string of the molecule is COC(=O)[C@@]1(F)CCN(C(=O)[C@@H](C)Cn2ncc3ccccc32)C1. The first-order valence-electron chi connectivity index (χ1n) is 7.91. The van der Waals surface area contributed by atoms with Crippen LogP contribution in [-0.2, 0) is 20.9 Å². The number of methoxy groups -OCH3 is 1. The summed E-state index contributed by atoms with van der Waals surface area (Å²) < 4.78 is 20.7. The van der Waals surface area contributed by atoms with Gasteiger partial charge in [0.25, 0.3) is 0 Å². The summed E-state index contributed by atoms with van der Waals surface area (Å²) in [6.07, 6.45) is 1.73. The molecule has 3 rings (SSSR count). The molecule has 1 amide bonds. The number of esters is 1. The Morgan fingerprint density at radius 2 is 2.17 bits per heavy atom. The van der Waals surface area contributed by atoms with Crippen molar-refractivity contribution in [3.05, 3.63) is 30.5 Å². The Labute approximate surface area is 139 Å². The lowest BCUT2D eigenvalue weighted by Crippen LogP contribution is -2.41. The minimum absolute atomic E-state index is 0.0250. The molecule has 0 N–H and O–H groups in total. The molecule has 0 bridgehead atoms. The monoisotopic (exact) mass is 333 g/mol. The molecule has 0 saturated carbocycles. The average molecular weight is 333 g/mol. The first-order valence-corrected chi connectivity index (χ1v) is 7.91. The Morgan fingerprint density at radius 1 is 1.42 bits per heavy atom. The second kappa shape index (κ2) is 6.22. The van der Waals surface area contributed by atoms with E-state index in [0.29, 0.717) is 6.54 Å². The molecule has 1 aliphatic rings. The highest BCUT2D eigenvalue weighted by molar-refractivity contribution is 5.84. The van der Waals surface area contributed by atoms with Crippen molar-refractivity contribution >= 4 is 22.8 Å². The van der Waals surface area contributed by atoms with Gasteiger partial charge in [-0.3, -0.25) is 9.48 Å². The van der Waals surface area contributed by atoms with Gasteiger partial charge >= 0.3 is 5.97 Å². The number of para-hydroxylation sites is 1. The first kappa shape index (κ1) is 16.4. The molecule has 0 unspecified atom stereocenters. The van der Waals surface area contributed by atoms with Crippen LogP contribution in [0.1, 0.15) is 13.3 Å². The number of nitrogens with zero attached hydrogens (tertiary/aromatic N) is 3. The average Bonchev–Trinajstić information content (AvgIpc) is 3.18. The molecule has 0 radical (unpaired) electrons. The molecule has 1 aliphatic heterocycles. The second-order valence-corrected chi connectivity index (χ2v) is 6.25. The van der Waals surface area contributed by atoms with Crippen LogP contribution in [-0.4, -0.2) is 52.4 Å². The zero-order valence-electron chi connectivity index (χ0n) is 13.7. The van der Waals surface area contributed by atoms with E-state index in [4.69, 9.17) is 0 Å². The van der Waals surface area contributed by atoms with Crippen molar-refractivity contribution in [1.82, 2.24) is 14.7 Å². The van der Waals surface area contributed by atoms with Crippen molar-refractivity contribution in [2.24, 2.45) is 5.92 Å². The van der Waals surface area contributed by atoms with Gasteiger partial charge in [-0.15, -0.1) is 0 Å². The van der Waals surface area contributed by atoms with E-state index in [9.17, 15) is 14.0 Å². The van der Waals surface area contributed by atoms with Crippen molar-refractivity contribution in [3.63, 3.8) is 0 Å². The normalized spacial score (nSPS) is 21.9. The van der Waals surface area contributed by atoms with E-state index in [1.807, 2.05) is 24.3 Å². The van der Waals surface area contributed by atoms with Crippen molar-refractivity contribution < 1.29 is 18.7 Å². The predicted octanol–water partition coefficient (Wildman–Crippen LogP) is 1.79. The maximum atomic E-state index is 14.5. The molecule has 2 heterocycles. The van der Waals surface area contributed by atoms with Gasteiger partial charge in [0.1, 0.15) is 0 Å². The van der Waals surface area contributed by atoms with Crippen molar-refractivity contribution in [2.45, 2.75) is 25.6 Å². The molecular formula is C17H20FN3O3. The Balaban J connectivity index is 1.68. The van der Waals surface area contributed by atoms with Gasteiger partial charge in [-0.1, -0.05) is 25.1 Å². The number of rotatable bonds is 4. The van der Waals surface area contributed by atoms with Crippen LogP contribution in [0, 0.1) is 5.92 Å². The van der Waals surface area contributed by atoms with E-state index >= 15 is 0 Å². The molecule has 2 aromatic rings. The summed E-state index contributed by atoms with van der Waals surface area (Å²) in [5.74, 6) is -1.46. The van der Waals surface area contributed by atoms with Crippen LogP contribution in [0.5, 0.6) is 0 Å². The van der Waals surface area contributed by atoms with Gasteiger partial charge in [-0.2, -0.15) is 5.10 Å². The van der Waals surface area contributed by atoms with Gasteiger partial charge in [0.05, 0.1) is 37.8 Å². The zero-order chi connectivity index (χ0) is 17.3. The minimum atomic E-state index is -2.09. The zero-order valence-corrected chi connectivity index (χ0v) is 13.7. The van der Waals surface area contributed by atoms with E-state index in [-0.39, 0.29) is 31.3 Å². The van der Waals surface area contributed by atoms with Crippen LogP contribution in [0.3, 0.4) is 0 Å². The van der Waals surface area contributed by atoms with Crippen LogP contribution in [0.4, 0.5) is 4.39 Å². The van der Waals surface area contributed by atoms with E-state index in [1.165, 1.54) is 4.90 Å². The standard InChI is InChI=1S/C17H20FN3O3/c1-12(10-21-14-6-4-3-5-13(14)9-19-21)15(22)20-8-7-17(18,11-20)16(23)24-2/h3-6,9,12H,7-8,10-11H2,1-2H3/t12-,17+/m0/s1. The second-order valence-electron chi connectivity index (χ2n) is 6.25. The molecule has 2 atom stereocenters. The van der Waals surface area contributed by atoms with Crippen LogP contribution in [0.15, 0.2) is 30.5 Å². The largest absolute Gasteiger partial charge is 0.467 e. The maximum absolute atomic E-state index is 14.5. The topological polar surface area (TPSA) is 64.4 Å². The summed E-state index contributed by atoms with van der Waals surface area (Å²) in [5.41, 5.74) is -1.14. The molecule has 0 spiro atoms. The molecule has 6 nitrogen and oxygen atoms in total. The molecular weight excluding hydrogens is 313 g/mol. The summed E-state index contributed by atoms with van der Waals surface area (Å²) >= 11 is 0. The fourth-order valence-corrected chi connectivity index (χ4v) is 3.13. The van der Waals surface area contributed by atoms with Gasteiger partial charge in [-0.25, -0.2) is 9.18 Å². The maximum Gasteiger partial charge on any atom is 0.345 e. The van der Waals surface area contributed by atoms with Gasteiger partial charge in [0.15, 0.2) is 0 Å². The third-order valence-electron chi connectivity index (χ3n) is 4.50. The van der Waals surface area contributed by atoms with Gasteiger partial charge in [0, 0.05) is 18.4 Å². The lowest BCUT2D eigenvalue weighted by atomic mass is 10.1. The number of benzene rings is 1. The van der Waals surface area contributed by atoms with Gasteiger partial charge in [-0.05, 0) is 6.07 Å². The van der Waals surface area contributed by atoms with E-state index in [2.05, 4.69) is 9.84 Å². The Hall–Kier alpha value is -2.44. The Morgan fingerprint density at radius 3 is 2.92 bits per heavy atom. The molecule has 24 heavy (non-hydrogen) atoms. The van der Waals surface area contributed by atoms with Crippen molar-refractivity contribution in [1.29, 1.82) is 0 Å². The van der Waals surface area contributed by atoms with E-state index in [0.717, 1.165) is 18.0 Å². The fourth-order valence-electron chi connectivity index (χ4n) is 3.13. The number of carbonyl (C=O) groups excluding carboxylic acids is 2. The fraction of sp³-hybridized carbons (Fsp3) is 0.471. The number of hydrogen-bond acceptors (Lipinski definition) is 4. The first-order chi connectivity index (χ1) is 11.4. The number of likely N-dealkylation sites (tertiary alicyclic amines) is 1. The summed E-state index contributed by atoms with van der Waals surface area (Å²) in [6, 6.07) is 7.75. The number of ether oxygens (including phenoxy) is 1. The third-order valence-corrected chi connectivity index (χ3v) is 4.50. The number of carbonyl (C=O) groups is 2. The highest BCUT2D eigenvalue weighted by Crippen LogP contribution is 2.28. The number of fused-ring (bicyclic) bond motifs is 1.